The van der Waals surface area contributed by atoms with Crippen LogP contribution in [-0.2, 0) is 0 Å². The molecule has 0 saturated heterocycles. The van der Waals surface area contributed by atoms with Gasteiger partial charge in [0.15, 0.2) is 11.6 Å². The van der Waals surface area contributed by atoms with Gasteiger partial charge in [-0.15, -0.1) is 0 Å². The average molecular weight is 386 g/mol. The van der Waals surface area contributed by atoms with Crippen molar-refractivity contribution >= 4 is 23.1 Å². The molecule has 1 aromatic heterocycles. The Balaban J connectivity index is 1.72. The Hall–Kier alpha value is -3.75. The summed E-state index contributed by atoms with van der Waals surface area (Å²) in [6.45, 7) is 0. The van der Waals surface area contributed by atoms with E-state index in [0.717, 1.165) is 12.1 Å². The number of hydrogen-bond donors (Lipinski definition) is 2. The largest absolute Gasteiger partial charge is 0.497 e. The van der Waals surface area contributed by atoms with E-state index in [0.29, 0.717) is 22.9 Å². The molecule has 0 fully saturated rings. The highest BCUT2D eigenvalue weighted by atomic mass is 19.2. The summed E-state index contributed by atoms with van der Waals surface area (Å²) >= 11 is 0. The zero-order valence-corrected chi connectivity index (χ0v) is 15.0. The number of carbonyl (C=O) groups excluding carboxylic acids is 1. The van der Waals surface area contributed by atoms with Gasteiger partial charge in [0, 0.05) is 17.8 Å². The smallest absolute Gasteiger partial charge is 0.275 e. The molecule has 2 N–H and O–H groups in total. The maximum atomic E-state index is 13.3. The van der Waals surface area contributed by atoms with E-state index in [2.05, 4.69) is 20.6 Å². The monoisotopic (exact) mass is 386 g/mol. The van der Waals surface area contributed by atoms with Gasteiger partial charge in [0.1, 0.15) is 23.0 Å². The number of anilines is 3. The lowest BCUT2D eigenvalue weighted by Crippen LogP contribution is -2.15. The Kier molecular flexibility index (Phi) is 5.64. The minimum absolute atomic E-state index is 0.0562. The van der Waals surface area contributed by atoms with Crippen molar-refractivity contribution in [1.29, 1.82) is 0 Å². The van der Waals surface area contributed by atoms with Gasteiger partial charge in [-0.05, 0) is 24.3 Å². The first-order valence-electron chi connectivity index (χ1n) is 8.07. The van der Waals surface area contributed by atoms with Crippen LogP contribution in [0.1, 0.15) is 10.5 Å². The molecule has 0 saturated carbocycles. The van der Waals surface area contributed by atoms with Crippen molar-refractivity contribution in [2.45, 2.75) is 0 Å². The van der Waals surface area contributed by atoms with Crippen LogP contribution in [0.4, 0.5) is 26.0 Å². The van der Waals surface area contributed by atoms with Crippen molar-refractivity contribution in [3.8, 4) is 11.5 Å². The fourth-order valence-corrected chi connectivity index (χ4v) is 2.33. The summed E-state index contributed by atoms with van der Waals surface area (Å²) in [6, 6.07) is 8.32. The molecule has 28 heavy (non-hydrogen) atoms. The average Bonchev–Trinajstić information content (AvgIpc) is 2.71. The maximum Gasteiger partial charge on any atom is 0.275 e. The fraction of sp³-hybridized carbons (Fsp3) is 0.105. The normalized spacial score (nSPS) is 10.3. The van der Waals surface area contributed by atoms with E-state index in [9.17, 15) is 13.6 Å². The molecule has 144 valence electrons. The molecule has 0 radical (unpaired) electrons. The molecule has 3 aromatic rings. The van der Waals surface area contributed by atoms with E-state index in [1.54, 1.807) is 18.2 Å². The van der Waals surface area contributed by atoms with Crippen LogP contribution in [0.3, 0.4) is 0 Å². The van der Waals surface area contributed by atoms with Crippen LogP contribution in [0.2, 0.25) is 0 Å². The Morgan fingerprint density at radius 3 is 2.43 bits per heavy atom. The number of rotatable bonds is 6. The Morgan fingerprint density at radius 2 is 1.79 bits per heavy atom. The first kappa shape index (κ1) is 19.0. The number of hydrogen-bond acceptors (Lipinski definition) is 6. The van der Waals surface area contributed by atoms with Gasteiger partial charge >= 0.3 is 0 Å². The molecule has 1 amide bonds. The molecule has 0 aliphatic carbocycles. The van der Waals surface area contributed by atoms with Crippen molar-refractivity contribution in [1.82, 2.24) is 9.97 Å². The molecule has 7 nitrogen and oxygen atoms in total. The quantitative estimate of drug-likeness (QED) is 0.671. The van der Waals surface area contributed by atoms with Gasteiger partial charge in [-0.1, -0.05) is 0 Å². The van der Waals surface area contributed by atoms with E-state index >= 15 is 0 Å². The van der Waals surface area contributed by atoms with E-state index < -0.39 is 17.5 Å². The van der Waals surface area contributed by atoms with Gasteiger partial charge in [0.25, 0.3) is 5.91 Å². The summed E-state index contributed by atoms with van der Waals surface area (Å²) in [7, 11) is 2.99. The first-order chi connectivity index (χ1) is 13.5. The van der Waals surface area contributed by atoms with Gasteiger partial charge in [-0.3, -0.25) is 4.79 Å². The van der Waals surface area contributed by atoms with E-state index in [4.69, 9.17) is 9.47 Å². The highest BCUT2D eigenvalue weighted by molar-refractivity contribution is 6.03. The van der Waals surface area contributed by atoms with Crippen molar-refractivity contribution in [3.63, 3.8) is 0 Å². The lowest BCUT2D eigenvalue weighted by Gasteiger charge is -2.11. The van der Waals surface area contributed by atoms with Gasteiger partial charge in [0.2, 0.25) is 0 Å². The summed E-state index contributed by atoms with van der Waals surface area (Å²) in [4.78, 5) is 20.5. The SMILES string of the molecule is COc1ccc(OC)c(NC(=O)c2cnc(Nc3ccc(F)c(F)c3)cn2)c1. The Labute approximate surface area is 159 Å². The minimum Gasteiger partial charge on any atom is -0.497 e. The summed E-state index contributed by atoms with van der Waals surface area (Å²) in [5, 5.41) is 5.45. The molecule has 0 aliphatic rings. The molecule has 9 heteroatoms. The number of nitrogens with zero attached hydrogens (tertiary/aromatic N) is 2. The molecule has 2 aromatic carbocycles. The van der Waals surface area contributed by atoms with Crippen LogP contribution >= 0.6 is 0 Å². The second kappa shape index (κ2) is 8.30. The number of aromatic nitrogens is 2. The molecule has 0 aliphatic heterocycles. The van der Waals surface area contributed by atoms with Crippen LogP contribution in [-0.4, -0.2) is 30.1 Å². The maximum absolute atomic E-state index is 13.3. The lowest BCUT2D eigenvalue weighted by atomic mass is 10.2. The third kappa shape index (κ3) is 4.32. The number of ether oxygens (including phenoxy) is 2. The van der Waals surface area contributed by atoms with Crippen molar-refractivity contribution in [2.75, 3.05) is 24.9 Å². The zero-order chi connectivity index (χ0) is 20.1. The third-order valence-corrected chi connectivity index (χ3v) is 3.73. The predicted molar refractivity (Wildman–Crippen MR) is 99.2 cm³/mol. The fourth-order valence-electron chi connectivity index (χ4n) is 2.33. The zero-order valence-electron chi connectivity index (χ0n) is 15.0. The standard InChI is InChI=1S/C19H16F2N4O3/c1-27-12-4-6-17(28-2)15(8-12)25-19(26)16-9-23-18(10-22-16)24-11-3-5-13(20)14(21)7-11/h3-10H,1-2H3,(H,23,24)(H,25,26). The number of amides is 1. The molecule has 0 unspecified atom stereocenters. The van der Waals surface area contributed by atoms with Gasteiger partial charge in [-0.25, -0.2) is 18.7 Å². The number of carbonyl (C=O) groups is 1. The van der Waals surface area contributed by atoms with E-state index in [1.807, 2.05) is 0 Å². The number of halogens is 2. The highest BCUT2D eigenvalue weighted by Gasteiger charge is 2.13. The van der Waals surface area contributed by atoms with E-state index in [-0.39, 0.29) is 11.5 Å². The second-order valence-electron chi connectivity index (χ2n) is 5.56. The molecule has 1 heterocycles. The molecular weight excluding hydrogens is 370 g/mol. The van der Waals surface area contributed by atoms with Gasteiger partial charge < -0.3 is 20.1 Å². The highest BCUT2D eigenvalue weighted by Crippen LogP contribution is 2.29. The topological polar surface area (TPSA) is 85.4 Å². The van der Waals surface area contributed by atoms with Crippen LogP contribution in [0.15, 0.2) is 48.8 Å². The van der Waals surface area contributed by atoms with Crippen molar-refractivity contribution < 1.29 is 23.0 Å². The summed E-state index contributed by atoms with van der Waals surface area (Å²) in [6.07, 6.45) is 2.56. The lowest BCUT2D eigenvalue weighted by molar-refractivity contribution is 0.102. The van der Waals surface area contributed by atoms with Crippen molar-refractivity contribution in [3.05, 3.63) is 66.1 Å². The van der Waals surface area contributed by atoms with Crippen LogP contribution in [0.25, 0.3) is 0 Å². The predicted octanol–water partition coefficient (Wildman–Crippen LogP) is 3.77. The number of nitrogens with one attached hydrogen (secondary N) is 2. The first-order valence-corrected chi connectivity index (χ1v) is 8.07. The minimum atomic E-state index is -0.985. The second-order valence-corrected chi connectivity index (χ2v) is 5.56. The molecular formula is C19H16F2N4O3. The summed E-state index contributed by atoms with van der Waals surface area (Å²) < 4.78 is 36.6. The Morgan fingerprint density at radius 1 is 0.964 bits per heavy atom. The summed E-state index contributed by atoms with van der Waals surface area (Å²) in [5.41, 5.74) is 0.768. The van der Waals surface area contributed by atoms with Gasteiger partial charge in [-0.2, -0.15) is 0 Å². The molecule has 0 bridgehead atoms. The summed E-state index contributed by atoms with van der Waals surface area (Å²) in [5.74, 6) is -1.16. The third-order valence-electron chi connectivity index (χ3n) is 3.73. The van der Waals surface area contributed by atoms with Gasteiger partial charge in [0.05, 0.1) is 32.3 Å². The molecule has 0 atom stereocenters. The molecule has 3 rings (SSSR count). The molecule has 0 spiro atoms. The van der Waals surface area contributed by atoms with E-state index in [1.165, 1.54) is 32.7 Å². The van der Waals surface area contributed by atoms with Crippen molar-refractivity contribution in [2.24, 2.45) is 0 Å². The van der Waals surface area contributed by atoms with Crippen LogP contribution < -0.4 is 20.1 Å². The van der Waals surface area contributed by atoms with Crippen LogP contribution in [0, 0.1) is 11.6 Å². The Bertz CT molecular complexity index is 997. The van der Waals surface area contributed by atoms with Crippen LogP contribution in [0.5, 0.6) is 11.5 Å². The number of benzene rings is 2. The number of methoxy groups -OCH3 is 2.